The van der Waals surface area contributed by atoms with Gasteiger partial charge in [-0.25, -0.2) is 0 Å². The molecule has 0 saturated carbocycles. The first kappa shape index (κ1) is 11.0. The van der Waals surface area contributed by atoms with Crippen LogP contribution in [0.3, 0.4) is 0 Å². The number of aromatic nitrogens is 4. The Hall–Kier alpha value is -1.47. The van der Waals surface area contributed by atoms with E-state index in [0.29, 0.717) is 6.54 Å². The lowest BCUT2D eigenvalue weighted by Crippen LogP contribution is -2.22. The van der Waals surface area contributed by atoms with Crippen LogP contribution < -0.4 is 5.32 Å². The van der Waals surface area contributed by atoms with Crippen LogP contribution in [0.15, 0.2) is 6.20 Å². The zero-order chi connectivity index (χ0) is 11.5. The van der Waals surface area contributed by atoms with Crippen molar-refractivity contribution in [2.75, 3.05) is 0 Å². The van der Waals surface area contributed by atoms with Crippen molar-refractivity contribution < 1.29 is 4.79 Å². The molecule has 2 rings (SSSR count). The first-order valence-electron chi connectivity index (χ1n) is 4.43. The van der Waals surface area contributed by atoms with Crippen LogP contribution >= 0.6 is 22.9 Å². The SMILES string of the molecule is Cc1[nH]ncc1CNC(=O)c1nnc(Cl)s1. The van der Waals surface area contributed by atoms with Gasteiger partial charge in [-0.15, -0.1) is 10.2 Å². The molecule has 0 radical (unpaired) electrons. The van der Waals surface area contributed by atoms with Gasteiger partial charge in [-0.05, 0) is 18.5 Å². The molecular weight excluding hydrogens is 250 g/mol. The minimum atomic E-state index is -0.287. The van der Waals surface area contributed by atoms with Crippen LogP contribution in [0.4, 0.5) is 0 Å². The molecule has 0 aliphatic heterocycles. The number of carbonyl (C=O) groups excluding carboxylic acids is 1. The number of aromatic amines is 1. The fraction of sp³-hybridized carbons (Fsp3) is 0.250. The van der Waals surface area contributed by atoms with Crippen molar-refractivity contribution in [3.63, 3.8) is 0 Å². The Labute approximate surface area is 100 Å². The van der Waals surface area contributed by atoms with Gasteiger partial charge in [0.05, 0.1) is 6.20 Å². The summed E-state index contributed by atoms with van der Waals surface area (Å²) in [7, 11) is 0. The Morgan fingerprint density at radius 2 is 2.44 bits per heavy atom. The third-order valence-electron chi connectivity index (χ3n) is 1.97. The number of nitrogens with one attached hydrogen (secondary N) is 2. The van der Waals surface area contributed by atoms with Gasteiger partial charge in [-0.2, -0.15) is 5.10 Å². The zero-order valence-corrected chi connectivity index (χ0v) is 9.89. The van der Waals surface area contributed by atoms with E-state index in [9.17, 15) is 4.79 Å². The van der Waals surface area contributed by atoms with Crippen LogP contribution in [0.1, 0.15) is 21.1 Å². The number of H-pyrrole nitrogens is 1. The smallest absolute Gasteiger partial charge is 0.282 e. The number of carbonyl (C=O) groups is 1. The maximum atomic E-state index is 11.6. The largest absolute Gasteiger partial charge is 0.346 e. The molecule has 0 saturated heterocycles. The van der Waals surface area contributed by atoms with Crippen LogP contribution in [-0.2, 0) is 6.54 Å². The molecule has 84 valence electrons. The maximum Gasteiger partial charge on any atom is 0.282 e. The monoisotopic (exact) mass is 257 g/mol. The third-order valence-corrected chi connectivity index (χ3v) is 2.99. The van der Waals surface area contributed by atoms with E-state index in [4.69, 9.17) is 11.6 Å². The van der Waals surface area contributed by atoms with Gasteiger partial charge < -0.3 is 5.32 Å². The predicted molar refractivity (Wildman–Crippen MR) is 59.4 cm³/mol. The highest BCUT2D eigenvalue weighted by Gasteiger charge is 2.12. The van der Waals surface area contributed by atoms with Gasteiger partial charge in [-0.3, -0.25) is 9.89 Å². The molecule has 16 heavy (non-hydrogen) atoms. The summed E-state index contributed by atoms with van der Waals surface area (Å²) in [4.78, 5) is 11.6. The lowest BCUT2D eigenvalue weighted by atomic mass is 10.2. The highest BCUT2D eigenvalue weighted by Crippen LogP contribution is 2.14. The number of hydrogen-bond acceptors (Lipinski definition) is 5. The number of aryl methyl sites for hydroxylation is 1. The summed E-state index contributed by atoms with van der Waals surface area (Å²) in [6, 6.07) is 0. The van der Waals surface area contributed by atoms with Gasteiger partial charge in [0, 0.05) is 17.8 Å². The summed E-state index contributed by atoms with van der Waals surface area (Å²) in [6.45, 7) is 2.29. The van der Waals surface area contributed by atoms with Crippen LogP contribution in [0, 0.1) is 6.92 Å². The average Bonchev–Trinajstić information content (AvgIpc) is 2.84. The molecule has 0 aliphatic rings. The van der Waals surface area contributed by atoms with Crippen LogP contribution in [0.5, 0.6) is 0 Å². The Bertz CT molecular complexity index is 508. The lowest BCUT2D eigenvalue weighted by molar-refractivity contribution is 0.0950. The molecule has 2 aromatic rings. The number of halogens is 1. The second kappa shape index (κ2) is 4.58. The van der Waals surface area contributed by atoms with E-state index in [1.54, 1.807) is 6.20 Å². The first-order valence-corrected chi connectivity index (χ1v) is 5.62. The molecule has 2 N–H and O–H groups in total. The topological polar surface area (TPSA) is 83.6 Å². The summed E-state index contributed by atoms with van der Waals surface area (Å²) in [5.41, 5.74) is 1.86. The van der Waals surface area contributed by atoms with Crippen molar-refractivity contribution in [3.8, 4) is 0 Å². The van der Waals surface area contributed by atoms with Gasteiger partial charge in [0.15, 0.2) is 0 Å². The highest BCUT2D eigenvalue weighted by atomic mass is 35.5. The molecule has 8 heteroatoms. The fourth-order valence-electron chi connectivity index (χ4n) is 1.10. The Morgan fingerprint density at radius 1 is 1.62 bits per heavy atom. The Morgan fingerprint density at radius 3 is 3.00 bits per heavy atom. The molecule has 0 fully saturated rings. The number of amides is 1. The van der Waals surface area contributed by atoms with E-state index >= 15 is 0 Å². The summed E-state index contributed by atoms with van der Waals surface area (Å²) in [6.07, 6.45) is 1.67. The Balaban J connectivity index is 1.96. The first-order chi connectivity index (χ1) is 7.66. The quantitative estimate of drug-likeness (QED) is 0.864. The van der Waals surface area contributed by atoms with Crippen molar-refractivity contribution in [1.29, 1.82) is 0 Å². The maximum absolute atomic E-state index is 11.6. The third kappa shape index (κ3) is 2.37. The van der Waals surface area contributed by atoms with E-state index in [-0.39, 0.29) is 15.4 Å². The average molecular weight is 258 g/mol. The normalized spacial score (nSPS) is 10.4. The van der Waals surface area contributed by atoms with E-state index in [1.807, 2.05) is 6.92 Å². The van der Waals surface area contributed by atoms with Crippen molar-refractivity contribution in [2.45, 2.75) is 13.5 Å². The minimum absolute atomic E-state index is 0.254. The summed E-state index contributed by atoms with van der Waals surface area (Å²) >= 11 is 6.62. The van der Waals surface area contributed by atoms with E-state index < -0.39 is 0 Å². The van der Waals surface area contributed by atoms with E-state index in [1.165, 1.54) is 0 Å². The molecule has 2 heterocycles. The van der Waals surface area contributed by atoms with Crippen molar-refractivity contribution in [1.82, 2.24) is 25.7 Å². The molecule has 0 unspecified atom stereocenters. The molecule has 0 spiro atoms. The molecule has 0 atom stereocenters. The van der Waals surface area contributed by atoms with Crippen molar-refractivity contribution in [3.05, 3.63) is 26.9 Å². The minimum Gasteiger partial charge on any atom is -0.346 e. The van der Waals surface area contributed by atoms with Gasteiger partial charge in [-0.1, -0.05) is 11.3 Å². The molecule has 1 amide bonds. The second-order valence-corrected chi connectivity index (χ2v) is 4.62. The fourth-order valence-corrected chi connectivity index (χ4v) is 1.85. The standard InChI is InChI=1S/C8H8ClN5OS/c1-4-5(3-11-12-4)2-10-6(15)7-13-14-8(9)16-7/h3H,2H2,1H3,(H,10,15)(H,11,12). The lowest BCUT2D eigenvalue weighted by Gasteiger charge is -2.00. The second-order valence-electron chi connectivity index (χ2n) is 3.06. The summed E-state index contributed by atoms with van der Waals surface area (Å²) in [5.74, 6) is -0.287. The van der Waals surface area contributed by atoms with Gasteiger partial charge in [0.1, 0.15) is 0 Å². The molecule has 0 aliphatic carbocycles. The van der Waals surface area contributed by atoms with Gasteiger partial charge in [0.25, 0.3) is 5.91 Å². The van der Waals surface area contributed by atoms with Gasteiger partial charge in [0.2, 0.25) is 9.47 Å². The van der Waals surface area contributed by atoms with E-state index in [2.05, 4.69) is 25.7 Å². The molecule has 0 aromatic carbocycles. The van der Waals surface area contributed by atoms with Gasteiger partial charge >= 0.3 is 0 Å². The van der Waals surface area contributed by atoms with Crippen LogP contribution in [-0.4, -0.2) is 26.3 Å². The molecule has 0 bridgehead atoms. The summed E-state index contributed by atoms with van der Waals surface area (Å²) < 4.78 is 0.254. The zero-order valence-electron chi connectivity index (χ0n) is 8.32. The number of nitrogens with zero attached hydrogens (tertiary/aromatic N) is 3. The Kier molecular flexibility index (Phi) is 3.16. The summed E-state index contributed by atoms with van der Waals surface area (Å²) in [5, 5.41) is 16.8. The van der Waals surface area contributed by atoms with E-state index in [0.717, 1.165) is 22.6 Å². The molecule has 6 nitrogen and oxygen atoms in total. The van der Waals surface area contributed by atoms with Crippen LogP contribution in [0.2, 0.25) is 4.47 Å². The number of hydrogen-bond donors (Lipinski definition) is 2. The molecular formula is C8H8ClN5OS. The predicted octanol–water partition coefficient (Wildman–Crippen LogP) is 1.15. The number of rotatable bonds is 3. The molecule has 2 aromatic heterocycles. The highest BCUT2D eigenvalue weighted by molar-refractivity contribution is 7.17. The van der Waals surface area contributed by atoms with Crippen molar-refractivity contribution >= 4 is 28.8 Å². The van der Waals surface area contributed by atoms with Crippen molar-refractivity contribution in [2.24, 2.45) is 0 Å². The van der Waals surface area contributed by atoms with Crippen LogP contribution in [0.25, 0.3) is 0 Å².